The van der Waals surface area contributed by atoms with Gasteiger partial charge in [0.15, 0.2) is 0 Å². The van der Waals surface area contributed by atoms with Crippen LogP contribution in [0.2, 0.25) is 0 Å². The summed E-state index contributed by atoms with van der Waals surface area (Å²) in [7, 11) is 1.64. The fourth-order valence-corrected chi connectivity index (χ4v) is 4.52. The second-order valence-electron chi connectivity index (χ2n) is 6.58. The number of benzene rings is 2. The van der Waals surface area contributed by atoms with Gasteiger partial charge in [-0.15, -0.1) is 0 Å². The molecule has 1 amide bonds. The lowest BCUT2D eigenvalue weighted by Crippen LogP contribution is -2.16. The number of thioether (sulfide) groups is 1. The first-order valence-corrected chi connectivity index (χ1v) is 10.1. The number of ether oxygens (including phenoxy) is 1. The van der Waals surface area contributed by atoms with Gasteiger partial charge < -0.3 is 15.0 Å². The molecule has 0 bridgehead atoms. The second kappa shape index (κ2) is 6.76. The summed E-state index contributed by atoms with van der Waals surface area (Å²) in [5.74, 6) is 3.07. The molecule has 7 heteroatoms. The molecule has 2 N–H and O–H groups in total. The molecule has 5 rings (SSSR count). The van der Waals surface area contributed by atoms with E-state index >= 15 is 0 Å². The molecule has 0 unspecified atom stereocenters. The predicted octanol–water partition coefficient (Wildman–Crippen LogP) is 4.36. The van der Waals surface area contributed by atoms with Crippen LogP contribution >= 0.6 is 11.8 Å². The number of rotatable bonds is 4. The third kappa shape index (κ3) is 2.75. The molecule has 2 aromatic carbocycles. The Kier molecular flexibility index (Phi) is 4.09. The van der Waals surface area contributed by atoms with E-state index in [9.17, 15) is 4.79 Å². The van der Waals surface area contributed by atoms with Crippen LogP contribution < -0.4 is 10.1 Å². The first-order chi connectivity index (χ1) is 13.7. The van der Waals surface area contributed by atoms with Crippen molar-refractivity contribution in [2.45, 2.75) is 11.5 Å². The average molecular weight is 390 g/mol. The van der Waals surface area contributed by atoms with Gasteiger partial charge in [0.1, 0.15) is 11.6 Å². The molecule has 28 heavy (non-hydrogen) atoms. The SMILES string of the molecule is COc1ccc(-n2nc3c(c2NC(=O)c2c[nH]c4ccccc24)CSC3)cc1. The largest absolute Gasteiger partial charge is 0.497 e. The molecule has 0 radical (unpaired) electrons. The van der Waals surface area contributed by atoms with Crippen LogP contribution in [0.1, 0.15) is 21.6 Å². The Bertz CT molecular complexity index is 1180. The van der Waals surface area contributed by atoms with Crippen molar-refractivity contribution in [3.8, 4) is 11.4 Å². The maximum Gasteiger partial charge on any atom is 0.258 e. The van der Waals surface area contributed by atoms with Gasteiger partial charge in [-0.05, 0) is 30.3 Å². The summed E-state index contributed by atoms with van der Waals surface area (Å²) in [6.45, 7) is 0. The molecule has 0 saturated carbocycles. The van der Waals surface area contributed by atoms with E-state index in [1.807, 2.05) is 65.0 Å². The van der Waals surface area contributed by atoms with Gasteiger partial charge in [0.2, 0.25) is 0 Å². The van der Waals surface area contributed by atoms with Gasteiger partial charge in [-0.25, -0.2) is 4.68 Å². The topological polar surface area (TPSA) is 71.9 Å². The first kappa shape index (κ1) is 16.9. The highest BCUT2D eigenvalue weighted by molar-refractivity contribution is 7.98. The number of hydrogen-bond acceptors (Lipinski definition) is 4. The predicted molar refractivity (Wildman–Crippen MR) is 111 cm³/mol. The van der Waals surface area contributed by atoms with Gasteiger partial charge in [0.25, 0.3) is 5.91 Å². The number of fused-ring (bicyclic) bond motifs is 2. The van der Waals surface area contributed by atoms with E-state index in [1.54, 1.807) is 13.3 Å². The van der Waals surface area contributed by atoms with E-state index in [2.05, 4.69) is 10.3 Å². The lowest BCUT2D eigenvalue weighted by molar-refractivity contribution is 0.102. The molecular weight excluding hydrogens is 372 g/mol. The Labute approximate surface area is 165 Å². The zero-order valence-electron chi connectivity index (χ0n) is 15.2. The lowest BCUT2D eigenvalue weighted by atomic mass is 10.1. The zero-order valence-corrected chi connectivity index (χ0v) is 16.0. The summed E-state index contributed by atoms with van der Waals surface area (Å²) >= 11 is 1.81. The van der Waals surface area contributed by atoms with Crippen LogP contribution in [0.25, 0.3) is 16.6 Å². The summed E-state index contributed by atoms with van der Waals surface area (Å²) < 4.78 is 7.06. The monoisotopic (exact) mass is 390 g/mol. The van der Waals surface area contributed by atoms with Gasteiger partial charge in [-0.2, -0.15) is 16.9 Å². The Morgan fingerprint density at radius 3 is 2.82 bits per heavy atom. The number of nitrogens with one attached hydrogen (secondary N) is 2. The van der Waals surface area contributed by atoms with Crippen LogP contribution in [0, 0.1) is 0 Å². The van der Waals surface area contributed by atoms with E-state index in [4.69, 9.17) is 9.84 Å². The third-order valence-electron chi connectivity index (χ3n) is 4.93. The van der Waals surface area contributed by atoms with Crippen molar-refractivity contribution in [1.29, 1.82) is 0 Å². The van der Waals surface area contributed by atoms with E-state index in [0.29, 0.717) is 5.56 Å². The smallest absolute Gasteiger partial charge is 0.258 e. The van der Waals surface area contributed by atoms with Crippen LogP contribution in [-0.4, -0.2) is 27.8 Å². The highest BCUT2D eigenvalue weighted by Gasteiger charge is 2.25. The number of H-pyrrole nitrogens is 1. The van der Waals surface area contributed by atoms with Gasteiger partial charge in [-0.1, -0.05) is 18.2 Å². The van der Waals surface area contributed by atoms with E-state index in [0.717, 1.165) is 50.9 Å². The standard InChI is InChI=1S/C21H18N4O2S/c1-27-14-8-6-13(7-9-14)25-20(17-11-28-12-19(17)24-25)23-21(26)16-10-22-18-5-3-2-4-15(16)18/h2-10,22H,11-12H2,1H3,(H,23,26). The van der Waals surface area contributed by atoms with Crippen molar-refractivity contribution in [2.24, 2.45) is 0 Å². The molecule has 140 valence electrons. The number of nitrogens with zero attached hydrogens (tertiary/aromatic N) is 2. The van der Waals surface area contributed by atoms with Gasteiger partial charge in [0.05, 0.1) is 24.1 Å². The summed E-state index contributed by atoms with van der Waals surface area (Å²) in [4.78, 5) is 16.2. The van der Waals surface area contributed by atoms with Crippen molar-refractivity contribution >= 4 is 34.4 Å². The van der Waals surface area contributed by atoms with Crippen LogP contribution in [0.3, 0.4) is 0 Å². The van der Waals surface area contributed by atoms with Gasteiger partial charge >= 0.3 is 0 Å². The number of aromatic nitrogens is 3. The third-order valence-corrected chi connectivity index (χ3v) is 5.91. The molecule has 0 saturated heterocycles. The van der Waals surface area contributed by atoms with Crippen LogP contribution in [-0.2, 0) is 11.5 Å². The van der Waals surface area contributed by atoms with Crippen molar-refractivity contribution in [1.82, 2.24) is 14.8 Å². The Morgan fingerprint density at radius 2 is 2.00 bits per heavy atom. The fraction of sp³-hybridized carbons (Fsp3) is 0.143. The summed E-state index contributed by atoms with van der Waals surface area (Å²) in [5, 5.41) is 8.76. The quantitative estimate of drug-likeness (QED) is 0.543. The number of hydrogen-bond donors (Lipinski definition) is 2. The second-order valence-corrected chi connectivity index (χ2v) is 7.56. The maximum atomic E-state index is 13.1. The number of amides is 1. The summed E-state index contributed by atoms with van der Waals surface area (Å²) in [6, 6.07) is 15.4. The molecule has 0 fully saturated rings. The number of para-hydroxylation sites is 1. The minimum Gasteiger partial charge on any atom is -0.497 e. The molecule has 4 aromatic rings. The highest BCUT2D eigenvalue weighted by atomic mass is 32.2. The van der Waals surface area contributed by atoms with E-state index < -0.39 is 0 Å². The summed E-state index contributed by atoms with van der Waals surface area (Å²) in [6.07, 6.45) is 1.75. The molecule has 0 aliphatic carbocycles. The Balaban J connectivity index is 1.54. The summed E-state index contributed by atoms with van der Waals surface area (Å²) in [5.41, 5.74) is 4.56. The van der Waals surface area contributed by atoms with Crippen LogP contribution in [0.15, 0.2) is 54.7 Å². The zero-order chi connectivity index (χ0) is 19.1. The number of aromatic amines is 1. The van der Waals surface area contributed by atoms with E-state index in [1.165, 1.54) is 0 Å². The number of carbonyl (C=O) groups excluding carboxylic acids is 1. The molecule has 0 spiro atoms. The molecule has 3 heterocycles. The van der Waals surface area contributed by atoms with Crippen molar-refractivity contribution < 1.29 is 9.53 Å². The van der Waals surface area contributed by atoms with Crippen LogP contribution in [0.5, 0.6) is 5.75 Å². The normalized spacial score (nSPS) is 12.9. The van der Waals surface area contributed by atoms with Gasteiger partial charge in [-0.3, -0.25) is 4.79 Å². The number of carbonyl (C=O) groups is 1. The minimum absolute atomic E-state index is 0.146. The lowest BCUT2D eigenvalue weighted by Gasteiger charge is -2.11. The molecule has 0 atom stereocenters. The van der Waals surface area contributed by atoms with Crippen molar-refractivity contribution in [3.63, 3.8) is 0 Å². The van der Waals surface area contributed by atoms with E-state index in [-0.39, 0.29) is 5.91 Å². The average Bonchev–Trinajstić information content (AvgIpc) is 3.43. The Morgan fingerprint density at radius 1 is 1.18 bits per heavy atom. The maximum absolute atomic E-state index is 13.1. The highest BCUT2D eigenvalue weighted by Crippen LogP contribution is 2.36. The molecule has 1 aliphatic heterocycles. The minimum atomic E-state index is -0.146. The van der Waals surface area contributed by atoms with Crippen molar-refractivity contribution in [3.05, 3.63) is 71.5 Å². The Hall–Kier alpha value is -3.19. The van der Waals surface area contributed by atoms with Crippen LogP contribution in [0.4, 0.5) is 5.82 Å². The molecule has 1 aliphatic rings. The van der Waals surface area contributed by atoms with Crippen molar-refractivity contribution in [2.75, 3.05) is 12.4 Å². The fourth-order valence-electron chi connectivity index (χ4n) is 3.49. The molecule has 2 aromatic heterocycles. The molecular formula is C21H18N4O2S. The van der Waals surface area contributed by atoms with Gasteiger partial charge in [0, 0.05) is 34.2 Å². The number of anilines is 1. The molecule has 6 nitrogen and oxygen atoms in total. The first-order valence-electron chi connectivity index (χ1n) is 8.95. The number of methoxy groups -OCH3 is 1.